The summed E-state index contributed by atoms with van der Waals surface area (Å²) in [6, 6.07) is 4.30. The highest BCUT2D eigenvalue weighted by molar-refractivity contribution is 6.31. The molecule has 1 fully saturated rings. The van der Waals surface area contributed by atoms with Crippen molar-refractivity contribution in [1.82, 2.24) is 0 Å². The van der Waals surface area contributed by atoms with Crippen LogP contribution in [0.4, 0.5) is 5.69 Å². The molecule has 2 N–H and O–H groups in total. The fraction of sp³-hybridized carbons (Fsp3) is 0.538. The summed E-state index contributed by atoms with van der Waals surface area (Å²) in [7, 11) is 0. The number of non-ortho nitro benzene ring substituents is 1. The Morgan fingerprint density at radius 1 is 1.33 bits per heavy atom. The standard InChI is InChI=1S/C13H17ClN2O2/c14-12-7-6-10(16(17)18)8-11(12)13(15)9-4-2-1-3-5-9/h6-9,13H,1-5,15H2/t13-/m1/s1. The van der Waals surface area contributed by atoms with Gasteiger partial charge in [-0.05, 0) is 30.4 Å². The van der Waals surface area contributed by atoms with Crippen LogP contribution in [0.2, 0.25) is 5.02 Å². The summed E-state index contributed by atoms with van der Waals surface area (Å²) in [5.41, 5.74) is 6.99. The minimum Gasteiger partial charge on any atom is -0.324 e. The second kappa shape index (κ2) is 5.67. The summed E-state index contributed by atoms with van der Waals surface area (Å²) in [5.74, 6) is 0.387. The lowest BCUT2D eigenvalue weighted by Crippen LogP contribution is -2.23. The summed E-state index contributed by atoms with van der Waals surface area (Å²) in [4.78, 5) is 10.4. The third kappa shape index (κ3) is 2.82. The predicted molar refractivity (Wildman–Crippen MR) is 71.6 cm³/mol. The lowest BCUT2D eigenvalue weighted by Gasteiger charge is -2.28. The van der Waals surface area contributed by atoms with E-state index in [1.54, 1.807) is 6.07 Å². The highest BCUT2D eigenvalue weighted by atomic mass is 35.5. The van der Waals surface area contributed by atoms with Crippen LogP contribution in [0.25, 0.3) is 0 Å². The molecule has 1 aromatic carbocycles. The molecule has 0 saturated heterocycles. The fourth-order valence-corrected chi connectivity index (χ4v) is 2.89. The Bertz CT molecular complexity index is 445. The summed E-state index contributed by atoms with van der Waals surface area (Å²) < 4.78 is 0. The fourth-order valence-electron chi connectivity index (χ4n) is 2.65. The highest BCUT2D eigenvalue weighted by Gasteiger charge is 2.24. The number of hydrogen-bond acceptors (Lipinski definition) is 3. The molecule has 1 aromatic rings. The highest BCUT2D eigenvalue weighted by Crippen LogP contribution is 2.36. The Morgan fingerprint density at radius 2 is 2.00 bits per heavy atom. The van der Waals surface area contributed by atoms with Crippen LogP contribution >= 0.6 is 11.6 Å². The van der Waals surface area contributed by atoms with Gasteiger partial charge in [-0.2, -0.15) is 0 Å². The molecule has 5 heteroatoms. The van der Waals surface area contributed by atoms with Crippen LogP contribution in [0.3, 0.4) is 0 Å². The molecule has 0 aromatic heterocycles. The predicted octanol–water partition coefficient (Wildman–Crippen LogP) is 3.83. The van der Waals surface area contributed by atoms with E-state index in [1.807, 2.05) is 0 Å². The molecule has 0 amide bonds. The number of benzene rings is 1. The van der Waals surface area contributed by atoms with E-state index in [-0.39, 0.29) is 11.7 Å². The van der Waals surface area contributed by atoms with Gasteiger partial charge >= 0.3 is 0 Å². The summed E-state index contributed by atoms with van der Waals surface area (Å²) in [6.07, 6.45) is 5.79. The SMILES string of the molecule is N[C@@H](c1cc([N+](=O)[O-])ccc1Cl)C1CCCCC1. The number of hydrogen-bond donors (Lipinski definition) is 1. The zero-order valence-corrected chi connectivity index (χ0v) is 10.9. The van der Waals surface area contributed by atoms with Crippen molar-refractivity contribution in [3.05, 3.63) is 38.9 Å². The van der Waals surface area contributed by atoms with E-state index in [1.165, 1.54) is 31.4 Å². The number of halogens is 1. The quantitative estimate of drug-likeness (QED) is 0.669. The molecule has 0 heterocycles. The van der Waals surface area contributed by atoms with Gasteiger partial charge in [0, 0.05) is 23.2 Å². The molecule has 0 spiro atoms. The second-order valence-electron chi connectivity index (χ2n) is 4.89. The Balaban J connectivity index is 2.25. The number of nitrogens with zero attached hydrogens (tertiary/aromatic N) is 1. The van der Waals surface area contributed by atoms with Gasteiger partial charge in [-0.1, -0.05) is 30.9 Å². The van der Waals surface area contributed by atoms with E-state index in [9.17, 15) is 10.1 Å². The molecule has 18 heavy (non-hydrogen) atoms. The van der Waals surface area contributed by atoms with E-state index in [2.05, 4.69) is 0 Å². The topological polar surface area (TPSA) is 69.2 Å². The van der Waals surface area contributed by atoms with Gasteiger partial charge in [0.25, 0.3) is 5.69 Å². The minimum atomic E-state index is -0.409. The average molecular weight is 269 g/mol. The zero-order chi connectivity index (χ0) is 13.1. The van der Waals surface area contributed by atoms with Crippen molar-refractivity contribution < 1.29 is 4.92 Å². The van der Waals surface area contributed by atoms with Crippen LogP contribution in [0.15, 0.2) is 18.2 Å². The third-order valence-corrected chi connectivity index (χ3v) is 4.05. The lowest BCUT2D eigenvalue weighted by molar-refractivity contribution is -0.384. The molecule has 0 aliphatic heterocycles. The van der Waals surface area contributed by atoms with Crippen LogP contribution in [0, 0.1) is 16.0 Å². The zero-order valence-electron chi connectivity index (χ0n) is 10.1. The first-order valence-electron chi connectivity index (χ1n) is 6.29. The van der Waals surface area contributed by atoms with E-state index in [0.717, 1.165) is 12.8 Å². The van der Waals surface area contributed by atoms with Gasteiger partial charge in [-0.15, -0.1) is 0 Å². The molecule has 1 saturated carbocycles. The van der Waals surface area contributed by atoms with Crippen molar-refractivity contribution in [2.45, 2.75) is 38.1 Å². The first-order chi connectivity index (χ1) is 8.59. The molecular formula is C13H17ClN2O2. The Morgan fingerprint density at radius 3 is 2.61 bits per heavy atom. The van der Waals surface area contributed by atoms with Crippen molar-refractivity contribution in [2.75, 3.05) is 0 Å². The second-order valence-corrected chi connectivity index (χ2v) is 5.29. The van der Waals surface area contributed by atoms with Gasteiger partial charge in [0.05, 0.1) is 4.92 Å². The van der Waals surface area contributed by atoms with E-state index < -0.39 is 4.92 Å². The van der Waals surface area contributed by atoms with Crippen molar-refractivity contribution >= 4 is 17.3 Å². The Kier molecular flexibility index (Phi) is 4.19. The van der Waals surface area contributed by atoms with E-state index in [0.29, 0.717) is 16.5 Å². The molecule has 1 atom stereocenters. The molecule has 2 rings (SSSR count). The number of nitro groups is 1. The van der Waals surface area contributed by atoms with Crippen LogP contribution in [0.5, 0.6) is 0 Å². The average Bonchev–Trinajstić information content (AvgIpc) is 2.39. The Labute approximate surface area is 111 Å². The normalized spacial score (nSPS) is 18.6. The van der Waals surface area contributed by atoms with Gasteiger partial charge < -0.3 is 5.73 Å². The monoisotopic (exact) mass is 268 g/mol. The van der Waals surface area contributed by atoms with Gasteiger partial charge in [-0.3, -0.25) is 10.1 Å². The minimum absolute atomic E-state index is 0.0562. The van der Waals surface area contributed by atoms with Gasteiger partial charge in [0.2, 0.25) is 0 Å². The van der Waals surface area contributed by atoms with Crippen molar-refractivity contribution in [2.24, 2.45) is 11.7 Å². The van der Waals surface area contributed by atoms with Crippen LogP contribution in [-0.2, 0) is 0 Å². The van der Waals surface area contributed by atoms with Gasteiger partial charge in [0.15, 0.2) is 0 Å². The molecule has 98 valence electrons. The maximum atomic E-state index is 10.8. The Hall–Kier alpha value is -1.13. The molecule has 0 unspecified atom stereocenters. The van der Waals surface area contributed by atoms with Crippen molar-refractivity contribution in [3.8, 4) is 0 Å². The maximum absolute atomic E-state index is 10.8. The smallest absolute Gasteiger partial charge is 0.269 e. The van der Waals surface area contributed by atoms with Crippen molar-refractivity contribution in [1.29, 1.82) is 0 Å². The van der Waals surface area contributed by atoms with Gasteiger partial charge in [0.1, 0.15) is 0 Å². The first-order valence-corrected chi connectivity index (χ1v) is 6.67. The third-order valence-electron chi connectivity index (χ3n) is 3.71. The van der Waals surface area contributed by atoms with Crippen molar-refractivity contribution in [3.63, 3.8) is 0 Å². The van der Waals surface area contributed by atoms with Crippen LogP contribution < -0.4 is 5.73 Å². The largest absolute Gasteiger partial charge is 0.324 e. The van der Waals surface area contributed by atoms with E-state index in [4.69, 9.17) is 17.3 Å². The summed E-state index contributed by atoms with van der Waals surface area (Å²) >= 11 is 6.11. The maximum Gasteiger partial charge on any atom is 0.269 e. The molecule has 0 bridgehead atoms. The molecular weight excluding hydrogens is 252 g/mol. The van der Waals surface area contributed by atoms with Crippen LogP contribution in [0.1, 0.15) is 43.7 Å². The number of rotatable bonds is 3. The molecule has 1 aliphatic rings. The molecule has 0 radical (unpaired) electrons. The van der Waals surface area contributed by atoms with E-state index >= 15 is 0 Å². The summed E-state index contributed by atoms with van der Waals surface area (Å²) in [6.45, 7) is 0. The molecule has 4 nitrogen and oxygen atoms in total. The number of nitro benzene ring substituents is 1. The van der Waals surface area contributed by atoms with Gasteiger partial charge in [-0.25, -0.2) is 0 Å². The number of nitrogens with two attached hydrogens (primary N) is 1. The molecule has 1 aliphatic carbocycles. The summed E-state index contributed by atoms with van der Waals surface area (Å²) in [5, 5.41) is 11.3. The first kappa shape index (κ1) is 13.3. The van der Waals surface area contributed by atoms with Crippen LogP contribution in [-0.4, -0.2) is 4.92 Å². The lowest BCUT2D eigenvalue weighted by atomic mass is 9.81.